The van der Waals surface area contributed by atoms with Crippen molar-refractivity contribution in [2.75, 3.05) is 19.6 Å². The molecule has 42 heavy (non-hydrogen) atoms. The van der Waals surface area contributed by atoms with Gasteiger partial charge in [-0.05, 0) is 89.1 Å². The van der Waals surface area contributed by atoms with Crippen LogP contribution in [-0.4, -0.2) is 48.1 Å². The number of nitrogens with one attached hydrogen (secondary N) is 1. The molecule has 0 aliphatic carbocycles. The van der Waals surface area contributed by atoms with Crippen LogP contribution in [0.1, 0.15) is 87.7 Å². The second-order valence-electron chi connectivity index (χ2n) is 12.9. The van der Waals surface area contributed by atoms with Gasteiger partial charge in [-0.25, -0.2) is 0 Å². The number of carbonyl (C=O) groups is 2. The summed E-state index contributed by atoms with van der Waals surface area (Å²) >= 11 is 0. The van der Waals surface area contributed by atoms with Gasteiger partial charge in [0.2, 0.25) is 0 Å². The molecule has 1 aliphatic rings. The fraction of sp³-hybridized carbons (Fsp3) is 0.459. The number of hydrogen-bond donors (Lipinski definition) is 1. The Morgan fingerprint density at radius 1 is 0.905 bits per heavy atom. The van der Waals surface area contributed by atoms with Crippen LogP contribution in [0.3, 0.4) is 0 Å². The monoisotopic (exact) mass is 568 g/mol. The predicted molar refractivity (Wildman–Crippen MR) is 172 cm³/mol. The third-order valence-electron chi connectivity index (χ3n) is 8.55. The lowest BCUT2D eigenvalue weighted by Gasteiger charge is -2.36. The quantitative estimate of drug-likeness (QED) is 0.241. The Morgan fingerprint density at radius 3 is 2.19 bits per heavy atom. The first-order valence-electron chi connectivity index (χ1n) is 15.6. The third-order valence-corrected chi connectivity index (χ3v) is 8.55. The molecule has 0 saturated carbocycles. The second-order valence-corrected chi connectivity index (χ2v) is 12.9. The van der Waals surface area contributed by atoms with Crippen molar-refractivity contribution in [1.29, 1.82) is 0 Å². The first-order chi connectivity index (χ1) is 20.1. The molecule has 1 fully saturated rings. The molecule has 1 unspecified atom stereocenters. The standard InChI is InChI=1S/C37H48N2O3/c1-6-37(30-13-8-7-9-14-30,27-34(40)42-36(3,4)5)23-12-24-39-25-21-31(22-26-39)38-35(41)33-16-11-10-15-32(33)29-19-17-28(2)18-20-29/h7-11,13-20,31H,6,12,21-27H2,1-5H3,(H,38,41). The maximum atomic E-state index is 13.3. The van der Waals surface area contributed by atoms with Crippen molar-refractivity contribution in [3.05, 3.63) is 95.6 Å². The minimum Gasteiger partial charge on any atom is -0.460 e. The molecule has 0 aromatic heterocycles. The molecule has 1 atom stereocenters. The van der Waals surface area contributed by atoms with Crippen LogP contribution < -0.4 is 5.32 Å². The maximum absolute atomic E-state index is 13.3. The van der Waals surface area contributed by atoms with E-state index in [4.69, 9.17) is 4.74 Å². The molecule has 0 bridgehead atoms. The minimum absolute atomic E-state index is 0.00218. The van der Waals surface area contributed by atoms with Gasteiger partial charge in [-0.2, -0.15) is 0 Å². The Hall–Kier alpha value is -3.44. The summed E-state index contributed by atoms with van der Waals surface area (Å²) in [5.41, 5.74) is 4.45. The summed E-state index contributed by atoms with van der Waals surface area (Å²) in [4.78, 5) is 28.8. The molecule has 3 aromatic rings. The summed E-state index contributed by atoms with van der Waals surface area (Å²) in [7, 11) is 0. The molecule has 3 aromatic carbocycles. The Morgan fingerprint density at radius 2 is 1.55 bits per heavy atom. The van der Waals surface area contributed by atoms with Crippen LogP contribution in [0.5, 0.6) is 0 Å². The highest BCUT2D eigenvalue weighted by atomic mass is 16.6. The number of ether oxygens (including phenoxy) is 1. The van der Waals surface area contributed by atoms with Crippen LogP contribution in [0.2, 0.25) is 0 Å². The molecule has 0 spiro atoms. The summed E-state index contributed by atoms with van der Waals surface area (Å²) in [5.74, 6) is -0.129. The van der Waals surface area contributed by atoms with Gasteiger partial charge in [-0.1, -0.05) is 85.3 Å². The van der Waals surface area contributed by atoms with Crippen LogP contribution in [0.4, 0.5) is 0 Å². The number of likely N-dealkylation sites (tertiary alicyclic amines) is 1. The second kappa shape index (κ2) is 14.2. The van der Waals surface area contributed by atoms with E-state index in [1.165, 1.54) is 11.1 Å². The van der Waals surface area contributed by atoms with Gasteiger partial charge in [0.15, 0.2) is 0 Å². The van der Waals surface area contributed by atoms with Gasteiger partial charge in [0, 0.05) is 30.1 Å². The van der Waals surface area contributed by atoms with E-state index in [1.807, 2.05) is 51.1 Å². The molecule has 1 aliphatic heterocycles. The van der Waals surface area contributed by atoms with Gasteiger partial charge in [-0.3, -0.25) is 9.59 Å². The Bertz CT molecular complexity index is 1300. The number of nitrogens with zero attached hydrogens (tertiary/aromatic N) is 1. The highest BCUT2D eigenvalue weighted by molar-refractivity contribution is 6.01. The van der Waals surface area contributed by atoms with Crippen molar-refractivity contribution < 1.29 is 14.3 Å². The summed E-state index contributed by atoms with van der Waals surface area (Å²) < 4.78 is 5.74. The van der Waals surface area contributed by atoms with Crippen molar-refractivity contribution in [3.8, 4) is 11.1 Å². The zero-order chi connectivity index (χ0) is 30.2. The summed E-state index contributed by atoms with van der Waals surface area (Å²) in [6.07, 6.45) is 5.09. The number of esters is 1. The number of carbonyl (C=O) groups excluding carboxylic acids is 2. The van der Waals surface area contributed by atoms with Crippen LogP contribution in [-0.2, 0) is 14.9 Å². The van der Waals surface area contributed by atoms with Crippen LogP contribution in [0.15, 0.2) is 78.9 Å². The lowest BCUT2D eigenvalue weighted by Crippen LogP contribution is -2.45. The van der Waals surface area contributed by atoms with E-state index < -0.39 is 5.60 Å². The van der Waals surface area contributed by atoms with E-state index in [9.17, 15) is 9.59 Å². The number of benzene rings is 3. The topological polar surface area (TPSA) is 58.6 Å². The van der Waals surface area contributed by atoms with E-state index in [0.717, 1.165) is 68.4 Å². The van der Waals surface area contributed by atoms with E-state index in [2.05, 4.69) is 72.6 Å². The zero-order valence-corrected chi connectivity index (χ0v) is 26.1. The first kappa shape index (κ1) is 31.5. The van der Waals surface area contributed by atoms with Crippen molar-refractivity contribution in [2.45, 2.75) is 90.2 Å². The first-order valence-corrected chi connectivity index (χ1v) is 15.6. The summed E-state index contributed by atoms with van der Waals surface area (Å²) in [5, 5.41) is 3.31. The number of rotatable bonds is 11. The van der Waals surface area contributed by atoms with E-state index in [0.29, 0.717) is 6.42 Å². The predicted octanol–water partition coefficient (Wildman–Crippen LogP) is 7.72. The van der Waals surface area contributed by atoms with Crippen molar-refractivity contribution in [1.82, 2.24) is 10.2 Å². The summed E-state index contributed by atoms with van der Waals surface area (Å²) in [6, 6.07) is 26.8. The molecule has 1 amide bonds. The largest absolute Gasteiger partial charge is 0.460 e. The molecule has 1 saturated heterocycles. The summed E-state index contributed by atoms with van der Waals surface area (Å²) in [6.45, 7) is 12.9. The highest BCUT2D eigenvalue weighted by Crippen LogP contribution is 2.37. The van der Waals surface area contributed by atoms with Crippen molar-refractivity contribution in [2.24, 2.45) is 0 Å². The number of amides is 1. The lowest BCUT2D eigenvalue weighted by molar-refractivity contribution is -0.156. The average molecular weight is 569 g/mol. The molecular formula is C37H48N2O3. The molecule has 1 heterocycles. The van der Waals surface area contributed by atoms with Crippen molar-refractivity contribution in [3.63, 3.8) is 0 Å². The SMILES string of the molecule is CCC(CCCN1CCC(NC(=O)c2ccccc2-c2ccc(C)cc2)CC1)(CC(=O)OC(C)(C)C)c1ccccc1. The fourth-order valence-electron chi connectivity index (χ4n) is 6.16. The maximum Gasteiger partial charge on any atom is 0.307 e. The van der Waals surface area contributed by atoms with Crippen LogP contribution >= 0.6 is 0 Å². The van der Waals surface area contributed by atoms with Gasteiger partial charge in [0.05, 0.1) is 6.42 Å². The number of aryl methyl sites for hydroxylation is 1. The number of piperidine rings is 1. The minimum atomic E-state index is -0.490. The van der Waals surface area contributed by atoms with Gasteiger partial charge in [0.25, 0.3) is 5.91 Å². The molecule has 1 N–H and O–H groups in total. The Labute approximate surface area is 252 Å². The third kappa shape index (κ3) is 8.54. The lowest BCUT2D eigenvalue weighted by atomic mass is 9.72. The molecule has 5 nitrogen and oxygen atoms in total. The average Bonchev–Trinajstić information content (AvgIpc) is 2.97. The normalized spacial score (nSPS) is 16.0. The van der Waals surface area contributed by atoms with Crippen LogP contribution in [0, 0.1) is 6.92 Å². The van der Waals surface area contributed by atoms with Gasteiger partial charge in [0.1, 0.15) is 5.60 Å². The Kier molecular flexibility index (Phi) is 10.6. The Balaban J connectivity index is 1.31. The highest BCUT2D eigenvalue weighted by Gasteiger charge is 2.35. The molecule has 4 rings (SSSR count). The molecule has 0 radical (unpaired) electrons. The zero-order valence-electron chi connectivity index (χ0n) is 26.1. The van der Waals surface area contributed by atoms with E-state index in [1.54, 1.807) is 0 Å². The van der Waals surface area contributed by atoms with Crippen molar-refractivity contribution >= 4 is 11.9 Å². The number of hydrogen-bond acceptors (Lipinski definition) is 4. The van der Waals surface area contributed by atoms with Gasteiger partial charge < -0.3 is 15.0 Å². The van der Waals surface area contributed by atoms with Gasteiger partial charge >= 0.3 is 5.97 Å². The fourth-order valence-corrected chi connectivity index (χ4v) is 6.16. The molecule has 5 heteroatoms. The smallest absolute Gasteiger partial charge is 0.307 e. The molecular weight excluding hydrogens is 520 g/mol. The van der Waals surface area contributed by atoms with Crippen LogP contribution in [0.25, 0.3) is 11.1 Å². The van der Waals surface area contributed by atoms with E-state index >= 15 is 0 Å². The van der Waals surface area contributed by atoms with Gasteiger partial charge in [-0.15, -0.1) is 0 Å². The van der Waals surface area contributed by atoms with E-state index in [-0.39, 0.29) is 23.3 Å². The molecule has 224 valence electrons.